The molecule has 0 N–H and O–H groups in total. The number of aromatic nitrogens is 1. The Morgan fingerprint density at radius 2 is 2.16 bits per heavy atom. The van der Waals surface area contributed by atoms with Crippen molar-refractivity contribution in [2.24, 2.45) is 5.10 Å². The van der Waals surface area contributed by atoms with Crippen LogP contribution in [0.25, 0.3) is 0 Å². The summed E-state index contributed by atoms with van der Waals surface area (Å²) in [6.45, 7) is 1.83. The van der Waals surface area contributed by atoms with Gasteiger partial charge in [-0.15, -0.1) is 0 Å². The molecule has 102 valence electrons. The number of alkyl halides is 3. The summed E-state index contributed by atoms with van der Waals surface area (Å²) in [6.07, 6.45) is -3.17. The minimum Gasteiger partial charge on any atom is -0.272 e. The summed E-state index contributed by atoms with van der Waals surface area (Å²) in [7, 11) is 0. The summed E-state index contributed by atoms with van der Waals surface area (Å²) in [5.41, 5.74) is -0.324. The van der Waals surface area contributed by atoms with E-state index < -0.39 is 11.7 Å². The van der Waals surface area contributed by atoms with Gasteiger partial charge in [0.2, 0.25) is 0 Å². The lowest BCUT2D eigenvalue weighted by Gasteiger charge is -2.14. The number of pyridine rings is 1. The minimum atomic E-state index is -4.53. The number of carbonyl (C=O) groups excluding carboxylic acids is 1. The van der Waals surface area contributed by atoms with Crippen LogP contribution >= 0.6 is 11.6 Å². The maximum atomic E-state index is 12.5. The van der Waals surface area contributed by atoms with Crippen LogP contribution < -0.4 is 5.01 Å². The first-order chi connectivity index (χ1) is 8.82. The van der Waals surface area contributed by atoms with Gasteiger partial charge >= 0.3 is 6.18 Å². The Labute approximate surface area is 111 Å². The van der Waals surface area contributed by atoms with Crippen LogP contribution in [0.5, 0.6) is 0 Å². The van der Waals surface area contributed by atoms with Gasteiger partial charge in [0.15, 0.2) is 5.82 Å². The standard InChI is InChI=1S/C11H9ClF3N3O/c1-2-7-4-9(19)18(17-7)10-8(12)3-6(5-16-10)11(13,14)15/h3,5H,2,4H2,1H3. The molecule has 1 amide bonds. The lowest BCUT2D eigenvalue weighted by atomic mass is 10.2. The summed E-state index contributed by atoms with van der Waals surface area (Å²) in [5.74, 6) is -0.436. The molecule has 0 aromatic carbocycles. The topological polar surface area (TPSA) is 45.6 Å². The highest BCUT2D eigenvalue weighted by molar-refractivity contribution is 6.33. The van der Waals surface area contributed by atoms with Gasteiger partial charge in [-0.25, -0.2) is 4.98 Å². The van der Waals surface area contributed by atoms with Crippen molar-refractivity contribution in [3.8, 4) is 0 Å². The van der Waals surface area contributed by atoms with Crippen molar-refractivity contribution >= 4 is 29.0 Å². The molecule has 0 atom stereocenters. The Balaban J connectivity index is 2.37. The van der Waals surface area contributed by atoms with Crippen molar-refractivity contribution in [3.05, 3.63) is 22.8 Å². The van der Waals surface area contributed by atoms with Crippen LogP contribution in [0.15, 0.2) is 17.4 Å². The highest BCUT2D eigenvalue weighted by Crippen LogP contribution is 2.34. The normalized spacial score (nSPS) is 15.9. The van der Waals surface area contributed by atoms with Gasteiger partial charge in [0.1, 0.15) is 0 Å². The Morgan fingerprint density at radius 3 is 2.63 bits per heavy atom. The van der Waals surface area contributed by atoms with Crippen molar-refractivity contribution in [2.45, 2.75) is 25.9 Å². The van der Waals surface area contributed by atoms with Crippen LogP contribution in [0.1, 0.15) is 25.3 Å². The van der Waals surface area contributed by atoms with Crippen LogP contribution in [0.4, 0.5) is 19.0 Å². The van der Waals surface area contributed by atoms with E-state index in [0.29, 0.717) is 18.3 Å². The average Bonchev–Trinajstić information content (AvgIpc) is 2.69. The van der Waals surface area contributed by atoms with E-state index in [1.54, 1.807) is 0 Å². The minimum absolute atomic E-state index is 0.0804. The SMILES string of the molecule is CCC1=NN(c2ncc(C(F)(F)F)cc2Cl)C(=O)C1. The van der Waals surface area contributed by atoms with Crippen molar-refractivity contribution in [1.29, 1.82) is 0 Å². The zero-order chi connectivity index (χ0) is 14.2. The number of hydrogen-bond acceptors (Lipinski definition) is 3. The van der Waals surface area contributed by atoms with E-state index in [-0.39, 0.29) is 23.2 Å². The Bertz CT molecular complexity index is 557. The fourth-order valence-corrected chi connectivity index (χ4v) is 1.83. The first-order valence-corrected chi connectivity index (χ1v) is 5.82. The van der Waals surface area contributed by atoms with E-state index in [2.05, 4.69) is 10.1 Å². The van der Waals surface area contributed by atoms with Gasteiger partial charge in [0.25, 0.3) is 5.91 Å². The van der Waals surface area contributed by atoms with Crippen LogP contribution in [0.2, 0.25) is 5.02 Å². The van der Waals surface area contributed by atoms with Crippen molar-refractivity contribution in [3.63, 3.8) is 0 Å². The second kappa shape index (κ2) is 4.80. The molecule has 0 spiro atoms. The van der Waals surface area contributed by atoms with Crippen LogP contribution in [-0.2, 0) is 11.0 Å². The molecule has 0 bridgehead atoms. The van der Waals surface area contributed by atoms with E-state index in [1.165, 1.54) is 0 Å². The molecular weight excluding hydrogens is 283 g/mol. The molecule has 1 aromatic rings. The maximum Gasteiger partial charge on any atom is 0.417 e. The highest BCUT2D eigenvalue weighted by atomic mass is 35.5. The number of nitrogens with zero attached hydrogens (tertiary/aromatic N) is 3. The molecule has 2 heterocycles. The highest BCUT2D eigenvalue weighted by Gasteiger charge is 2.33. The fraction of sp³-hybridized carbons (Fsp3) is 0.364. The van der Waals surface area contributed by atoms with Gasteiger partial charge < -0.3 is 0 Å². The number of anilines is 1. The lowest BCUT2D eigenvalue weighted by Crippen LogP contribution is -2.21. The van der Waals surface area contributed by atoms with E-state index >= 15 is 0 Å². The van der Waals surface area contributed by atoms with Crippen LogP contribution in [0, 0.1) is 0 Å². The molecule has 0 saturated heterocycles. The molecule has 8 heteroatoms. The summed E-state index contributed by atoms with van der Waals surface area (Å²) in [4.78, 5) is 15.3. The molecule has 0 unspecified atom stereocenters. The molecule has 19 heavy (non-hydrogen) atoms. The maximum absolute atomic E-state index is 12.5. The zero-order valence-electron chi connectivity index (χ0n) is 9.83. The number of amides is 1. The van der Waals surface area contributed by atoms with Crippen LogP contribution in [-0.4, -0.2) is 16.6 Å². The van der Waals surface area contributed by atoms with Gasteiger partial charge in [-0.05, 0) is 12.5 Å². The summed E-state index contributed by atoms with van der Waals surface area (Å²) in [5, 5.41) is 4.67. The third-order valence-electron chi connectivity index (χ3n) is 2.59. The molecule has 1 aliphatic rings. The quantitative estimate of drug-likeness (QED) is 0.839. The first-order valence-electron chi connectivity index (χ1n) is 5.45. The van der Waals surface area contributed by atoms with Gasteiger partial charge in [0.05, 0.1) is 17.0 Å². The fourth-order valence-electron chi connectivity index (χ4n) is 1.58. The molecule has 0 saturated carbocycles. The summed E-state index contributed by atoms with van der Waals surface area (Å²) >= 11 is 5.75. The van der Waals surface area contributed by atoms with Gasteiger partial charge in [-0.3, -0.25) is 4.79 Å². The molecule has 0 aliphatic carbocycles. The molecule has 0 radical (unpaired) electrons. The summed E-state index contributed by atoms with van der Waals surface area (Å²) < 4.78 is 37.4. The van der Waals surface area contributed by atoms with Gasteiger partial charge in [0, 0.05) is 11.9 Å². The average molecular weight is 292 g/mol. The van der Waals surface area contributed by atoms with Crippen molar-refractivity contribution in [1.82, 2.24) is 4.98 Å². The molecular formula is C11H9ClF3N3O. The Morgan fingerprint density at radius 1 is 1.47 bits per heavy atom. The van der Waals surface area contributed by atoms with E-state index in [0.717, 1.165) is 11.1 Å². The second-order valence-corrected chi connectivity index (χ2v) is 4.34. The number of hydrogen-bond donors (Lipinski definition) is 0. The largest absolute Gasteiger partial charge is 0.417 e. The van der Waals surface area contributed by atoms with Gasteiger partial charge in [-0.2, -0.15) is 23.3 Å². The molecule has 1 aliphatic heterocycles. The van der Waals surface area contributed by atoms with E-state index in [1.807, 2.05) is 6.92 Å². The first kappa shape index (κ1) is 13.8. The second-order valence-electron chi connectivity index (χ2n) is 3.93. The smallest absolute Gasteiger partial charge is 0.272 e. The molecule has 0 fully saturated rings. The van der Waals surface area contributed by atoms with Crippen molar-refractivity contribution in [2.75, 3.05) is 5.01 Å². The molecule has 2 rings (SSSR count). The van der Waals surface area contributed by atoms with Crippen molar-refractivity contribution < 1.29 is 18.0 Å². The molecule has 4 nitrogen and oxygen atoms in total. The Kier molecular flexibility index (Phi) is 3.49. The lowest BCUT2D eigenvalue weighted by molar-refractivity contribution is -0.137. The monoisotopic (exact) mass is 291 g/mol. The number of hydrazone groups is 1. The van der Waals surface area contributed by atoms with E-state index in [4.69, 9.17) is 11.6 Å². The third kappa shape index (κ3) is 2.70. The summed E-state index contributed by atoms with van der Waals surface area (Å²) in [6, 6.07) is 0.733. The predicted octanol–water partition coefficient (Wildman–Crippen LogP) is 3.26. The third-order valence-corrected chi connectivity index (χ3v) is 2.87. The van der Waals surface area contributed by atoms with Crippen LogP contribution in [0.3, 0.4) is 0 Å². The van der Waals surface area contributed by atoms with E-state index in [9.17, 15) is 18.0 Å². The number of carbonyl (C=O) groups is 1. The zero-order valence-corrected chi connectivity index (χ0v) is 10.6. The number of halogens is 4. The molecule has 1 aromatic heterocycles. The van der Waals surface area contributed by atoms with Gasteiger partial charge in [-0.1, -0.05) is 18.5 Å². The number of rotatable bonds is 2. The Hall–Kier alpha value is -1.63. The predicted molar refractivity (Wildman–Crippen MR) is 64.1 cm³/mol.